The van der Waals surface area contributed by atoms with Gasteiger partial charge in [0.15, 0.2) is 0 Å². The molecular weight excluding hydrogens is 279 g/mol. The zero-order chi connectivity index (χ0) is 13.9. The largest absolute Gasteiger partial charge is 0.298 e. The zero-order valence-corrected chi connectivity index (χ0v) is 11.5. The Balaban J connectivity index is 1.86. The van der Waals surface area contributed by atoms with E-state index in [4.69, 9.17) is 0 Å². The van der Waals surface area contributed by atoms with E-state index < -0.39 is 5.82 Å². The van der Waals surface area contributed by atoms with Crippen LogP contribution in [0, 0.1) is 5.82 Å². The van der Waals surface area contributed by atoms with Crippen LogP contribution in [0.25, 0.3) is 0 Å². The van der Waals surface area contributed by atoms with E-state index >= 15 is 0 Å². The highest BCUT2D eigenvalue weighted by Crippen LogP contribution is 2.34. The van der Waals surface area contributed by atoms with Gasteiger partial charge in [-0.1, -0.05) is 12.8 Å². The maximum atomic E-state index is 13.4. The van der Waals surface area contributed by atoms with Crippen LogP contribution < -0.4 is 0 Å². The molecule has 0 spiro atoms. The Kier molecular flexibility index (Phi) is 3.77. The molecule has 0 bridgehead atoms. The lowest BCUT2D eigenvalue weighted by Gasteiger charge is -2.10. The van der Waals surface area contributed by atoms with Crippen LogP contribution in [-0.2, 0) is 0 Å². The Morgan fingerprint density at radius 3 is 2.85 bits per heavy atom. The average Bonchev–Trinajstić information content (AvgIpc) is 3.08. The molecule has 1 aliphatic carbocycles. The maximum absolute atomic E-state index is 13.4. The third kappa shape index (κ3) is 2.72. The number of carbonyl (C=O) groups is 1. The standard InChI is InChI=1S/C13H13FN4OS/c14-10-5-9(8-19)6-12(7-10)20-13-15-16-17-18(13)11-3-1-2-4-11/h5-8,11H,1-4H2. The van der Waals surface area contributed by atoms with Crippen molar-refractivity contribution in [2.75, 3.05) is 0 Å². The van der Waals surface area contributed by atoms with Gasteiger partial charge in [-0.3, -0.25) is 4.79 Å². The minimum absolute atomic E-state index is 0.312. The van der Waals surface area contributed by atoms with E-state index in [9.17, 15) is 9.18 Å². The lowest BCUT2D eigenvalue weighted by atomic mass is 10.2. The van der Waals surface area contributed by atoms with Crippen molar-refractivity contribution in [3.63, 3.8) is 0 Å². The molecule has 0 amide bonds. The van der Waals surface area contributed by atoms with Crippen molar-refractivity contribution in [3.05, 3.63) is 29.6 Å². The summed E-state index contributed by atoms with van der Waals surface area (Å²) < 4.78 is 15.2. The smallest absolute Gasteiger partial charge is 0.214 e. The van der Waals surface area contributed by atoms with Crippen LogP contribution in [0.4, 0.5) is 4.39 Å². The Hall–Kier alpha value is -1.76. The monoisotopic (exact) mass is 292 g/mol. The van der Waals surface area contributed by atoms with Crippen molar-refractivity contribution in [2.45, 2.75) is 41.8 Å². The summed E-state index contributed by atoms with van der Waals surface area (Å²) in [7, 11) is 0. The summed E-state index contributed by atoms with van der Waals surface area (Å²) in [5.74, 6) is -0.433. The van der Waals surface area contributed by atoms with Crippen molar-refractivity contribution in [2.24, 2.45) is 0 Å². The van der Waals surface area contributed by atoms with Gasteiger partial charge >= 0.3 is 0 Å². The molecule has 1 aliphatic rings. The summed E-state index contributed by atoms with van der Waals surface area (Å²) in [6.45, 7) is 0. The van der Waals surface area contributed by atoms with Crippen LogP contribution in [0.1, 0.15) is 42.1 Å². The zero-order valence-electron chi connectivity index (χ0n) is 10.7. The lowest BCUT2D eigenvalue weighted by Crippen LogP contribution is -2.08. The highest BCUT2D eigenvalue weighted by Gasteiger charge is 2.22. The van der Waals surface area contributed by atoms with Gasteiger partial charge in [-0.15, -0.1) is 5.10 Å². The van der Waals surface area contributed by atoms with Gasteiger partial charge in [0, 0.05) is 10.5 Å². The van der Waals surface area contributed by atoms with Gasteiger partial charge in [-0.25, -0.2) is 9.07 Å². The highest BCUT2D eigenvalue weighted by atomic mass is 32.2. The molecule has 1 saturated carbocycles. The van der Waals surface area contributed by atoms with E-state index in [1.807, 2.05) is 4.68 Å². The number of hydrogen-bond donors (Lipinski definition) is 0. The Labute approximate surface area is 119 Å². The number of aldehydes is 1. The molecule has 0 unspecified atom stereocenters. The normalized spacial score (nSPS) is 15.7. The second-order valence-electron chi connectivity index (χ2n) is 4.78. The first-order chi connectivity index (χ1) is 9.76. The van der Waals surface area contributed by atoms with Crippen LogP contribution >= 0.6 is 11.8 Å². The molecule has 7 heteroatoms. The van der Waals surface area contributed by atoms with E-state index in [0.29, 0.717) is 27.9 Å². The minimum atomic E-state index is -0.433. The molecule has 20 heavy (non-hydrogen) atoms. The van der Waals surface area contributed by atoms with Gasteiger partial charge in [0.1, 0.15) is 12.1 Å². The fourth-order valence-electron chi connectivity index (χ4n) is 2.45. The summed E-state index contributed by atoms with van der Waals surface area (Å²) >= 11 is 1.28. The Bertz CT molecular complexity index is 625. The Morgan fingerprint density at radius 1 is 1.30 bits per heavy atom. The fraction of sp³-hybridized carbons (Fsp3) is 0.385. The van der Waals surface area contributed by atoms with Crippen molar-refractivity contribution in [1.29, 1.82) is 0 Å². The third-order valence-corrected chi connectivity index (χ3v) is 4.29. The van der Waals surface area contributed by atoms with E-state index in [1.165, 1.54) is 36.7 Å². The third-order valence-electron chi connectivity index (χ3n) is 3.37. The first-order valence-corrected chi connectivity index (χ1v) is 7.29. The van der Waals surface area contributed by atoms with Crippen LogP contribution in [0.3, 0.4) is 0 Å². The lowest BCUT2D eigenvalue weighted by molar-refractivity contribution is 0.112. The number of nitrogens with zero attached hydrogens (tertiary/aromatic N) is 4. The average molecular weight is 292 g/mol. The molecule has 1 heterocycles. The Morgan fingerprint density at radius 2 is 2.10 bits per heavy atom. The predicted molar refractivity (Wildman–Crippen MR) is 71.2 cm³/mol. The van der Waals surface area contributed by atoms with E-state index in [0.717, 1.165) is 12.8 Å². The summed E-state index contributed by atoms with van der Waals surface area (Å²) in [4.78, 5) is 11.4. The number of carbonyl (C=O) groups excluding carboxylic acids is 1. The molecule has 2 aromatic rings. The molecule has 0 atom stereocenters. The maximum Gasteiger partial charge on any atom is 0.214 e. The number of benzene rings is 1. The summed E-state index contributed by atoms with van der Waals surface area (Å²) in [5.41, 5.74) is 0.312. The number of aromatic nitrogens is 4. The van der Waals surface area contributed by atoms with Crippen LogP contribution in [0.2, 0.25) is 0 Å². The number of rotatable bonds is 4. The molecule has 0 aliphatic heterocycles. The molecule has 0 N–H and O–H groups in total. The quantitative estimate of drug-likeness (QED) is 0.811. The number of hydrogen-bond acceptors (Lipinski definition) is 5. The molecule has 1 fully saturated rings. The van der Waals surface area contributed by atoms with Gasteiger partial charge in [-0.2, -0.15) is 0 Å². The van der Waals surface area contributed by atoms with Crippen LogP contribution in [0.5, 0.6) is 0 Å². The topological polar surface area (TPSA) is 60.7 Å². The fourth-order valence-corrected chi connectivity index (χ4v) is 3.38. The van der Waals surface area contributed by atoms with Gasteiger partial charge < -0.3 is 0 Å². The van der Waals surface area contributed by atoms with Crippen molar-refractivity contribution in [1.82, 2.24) is 20.2 Å². The highest BCUT2D eigenvalue weighted by molar-refractivity contribution is 7.99. The second kappa shape index (κ2) is 5.70. The van der Waals surface area contributed by atoms with Crippen molar-refractivity contribution in [3.8, 4) is 0 Å². The summed E-state index contributed by atoms with van der Waals surface area (Å²) in [6.07, 6.45) is 5.14. The summed E-state index contributed by atoms with van der Waals surface area (Å²) in [5, 5.41) is 12.4. The van der Waals surface area contributed by atoms with E-state index in [1.54, 1.807) is 6.07 Å². The molecule has 5 nitrogen and oxygen atoms in total. The van der Waals surface area contributed by atoms with Crippen molar-refractivity contribution < 1.29 is 9.18 Å². The predicted octanol–water partition coefficient (Wildman–Crippen LogP) is 2.89. The number of halogens is 1. The van der Waals surface area contributed by atoms with Crippen LogP contribution in [-0.4, -0.2) is 26.5 Å². The summed E-state index contributed by atoms with van der Waals surface area (Å²) in [6, 6.07) is 4.54. The molecular formula is C13H13FN4OS. The second-order valence-corrected chi connectivity index (χ2v) is 5.83. The first-order valence-electron chi connectivity index (χ1n) is 6.48. The molecule has 0 saturated heterocycles. The molecule has 1 aromatic carbocycles. The van der Waals surface area contributed by atoms with Gasteiger partial charge in [0.05, 0.1) is 6.04 Å². The molecule has 3 rings (SSSR count). The van der Waals surface area contributed by atoms with E-state index in [2.05, 4.69) is 15.5 Å². The van der Waals surface area contributed by atoms with Gasteiger partial charge in [0.2, 0.25) is 5.16 Å². The first kappa shape index (κ1) is 13.2. The molecule has 0 radical (unpaired) electrons. The minimum Gasteiger partial charge on any atom is -0.298 e. The van der Waals surface area contributed by atoms with Crippen molar-refractivity contribution >= 4 is 18.0 Å². The molecule has 104 valence electrons. The van der Waals surface area contributed by atoms with Gasteiger partial charge in [-0.05, 0) is 53.2 Å². The SMILES string of the molecule is O=Cc1cc(F)cc(Sc2nnnn2C2CCCC2)c1. The molecule has 1 aromatic heterocycles. The number of tetrazole rings is 1. The van der Waals surface area contributed by atoms with E-state index in [-0.39, 0.29) is 0 Å². The van der Waals surface area contributed by atoms with Crippen LogP contribution in [0.15, 0.2) is 28.3 Å². The van der Waals surface area contributed by atoms with Gasteiger partial charge in [0.25, 0.3) is 0 Å².